The van der Waals surface area contributed by atoms with Gasteiger partial charge in [0.1, 0.15) is 4.90 Å². The molecule has 0 spiro atoms. The van der Waals surface area contributed by atoms with Crippen molar-refractivity contribution in [1.82, 2.24) is 0 Å². The number of nitrogens with two attached hydrogens (primary N) is 2. The molecule has 0 radical (unpaired) electrons. The molecule has 1 aromatic rings. The lowest BCUT2D eigenvalue weighted by Gasteiger charge is -2.28. The molecule has 0 aromatic heterocycles. The number of sulfonamides is 1. The summed E-state index contributed by atoms with van der Waals surface area (Å²) < 4.78 is 22.7. The van der Waals surface area contributed by atoms with Crippen molar-refractivity contribution >= 4 is 21.4 Å². The van der Waals surface area contributed by atoms with Crippen molar-refractivity contribution in [1.29, 1.82) is 0 Å². The Morgan fingerprint density at radius 3 is 2.44 bits per heavy atom. The van der Waals surface area contributed by atoms with Crippen LogP contribution in [0.25, 0.3) is 0 Å². The van der Waals surface area contributed by atoms with Crippen molar-refractivity contribution in [2.24, 2.45) is 5.14 Å². The highest BCUT2D eigenvalue weighted by atomic mass is 32.2. The van der Waals surface area contributed by atoms with Gasteiger partial charge in [0.05, 0.1) is 11.4 Å². The fourth-order valence-corrected chi connectivity index (χ4v) is 2.64. The van der Waals surface area contributed by atoms with E-state index in [0.29, 0.717) is 5.69 Å². The van der Waals surface area contributed by atoms with Gasteiger partial charge in [-0.25, -0.2) is 13.6 Å². The normalized spacial score (nSPS) is 12.4. The van der Waals surface area contributed by atoms with E-state index in [1.165, 1.54) is 6.07 Å². The molecule has 102 valence electrons. The molecule has 0 heterocycles. The molecule has 0 bridgehead atoms. The predicted octanol–water partition coefficient (Wildman–Crippen LogP) is 1.91. The lowest BCUT2D eigenvalue weighted by molar-refractivity contribution is 0.511. The van der Waals surface area contributed by atoms with Gasteiger partial charge in [-0.1, -0.05) is 19.4 Å². The van der Waals surface area contributed by atoms with Crippen molar-refractivity contribution < 1.29 is 8.42 Å². The second kappa shape index (κ2) is 5.16. The Morgan fingerprint density at radius 1 is 1.33 bits per heavy atom. The number of nitrogens with one attached hydrogen (secondary N) is 1. The van der Waals surface area contributed by atoms with Gasteiger partial charge < -0.3 is 11.1 Å². The van der Waals surface area contributed by atoms with E-state index in [2.05, 4.69) is 12.2 Å². The summed E-state index contributed by atoms with van der Waals surface area (Å²) in [5.74, 6) is 0. The summed E-state index contributed by atoms with van der Waals surface area (Å²) in [5, 5.41) is 8.37. The average Bonchev–Trinajstić information content (AvgIpc) is 2.18. The molecule has 6 heteroatoms. The molecular formula is C12H21N3O2S. The van der Waals surface area contributed by atoms with Crippen LogP contribution < -0.4 is 16.2 Å². The maximum absolute atomic E-state index is 11.4. The first-order valence-electron chi connectivity index (χ1n) is 5.87. The highest BCUT2D eigenvalue weighted by Crippen LogP contribution is 2.29. The Labute approximate surface area is 109 Å². The van der Waals surface area contributed by atoms with Crippen molar-refractivity contribution in [3.8, 4) is 0 Å². The summed E-state index contributed by atoms with van der Waals surface area (Å²) >= 11 is 0. The van der Waals surface area contributed by atoms with Crippen LogP contribution in [-0.2, 0) is 10.0 Å². The molecule has 1 rings (SSSR count). The summed E-state index contributed by atoms with van der Waals surface area (Å²) in [7, 11) is -3.79. The van der Waals surface area contributed by atoms with Gasteiger partial charge in [0.25, 0.3) is 0 Å². The quantitative estimate of drug-likeness (QED) is 0.712. The van der Waals surface area contributed by atoms with Crippen LogP contribution in [0.1, 0.15) is 33.6 Å². The summed E-state index contributed by atoms with van der Waals surface area (Å²) in [5.41, 5.74) is 6.47. The number of hydrogen-bond donors (Lipinski definition) is 3. The van der Waals surface area contributed by atoms with Gasteiger partial charge in [-0.15, -0.1) is 0 Å². The molecule has 0 saturated heterocycles. The third kappa shape index (κ3) is 3.61. The Bertz CT molecular complexity index is 524. The van der Waals surface area contributed by atoms with Gasteiger partial charge in [0.2, 0.25) is 10.0 Å². The van der Waals surface area contributed by atoms with Gasteiger partial charge >= 0.3 is 0 Å². The predicted molar refractivity (Wildman–Crippen MR) is 74.8 cm³/mol. The topological polar surface area (TPSA) is 98.2 Å². The van der Waals surface area contributed by atoms with E-state index >= 15 is 0 Å². The summed E-state index contributed by atoms with van der Waals surface area (Å²) in [6.45, 7) is 6.17. The number of primary sulfonamides is 1. The summed E-state index contributed by atoms with van der Waals surface area (Å²) in [6, 6.07) is 4.78. The molecule has 0 aliphatic heterocycles. The molecule has 0 unspecified atom stereocenters. The molecular weight excluding hydrogens is 250 g/mol. The maximum atomic E-state index is 11.4. The Hall–Kier alpha value is -1.27. The molecule has 18 heavy (non-hydrogen) atoms. The highest BCUT2D eigenvalue weighted by molar-refractivity contribution is 7.89. The van der Waals surface area contributed by atoms with Crippen molar-refractivity contribution in [2.45, 2.75) is 44.0 Å². The third-order valence-corrected chi connectivity index (χ3v) is 3.69. The van der Waals surface area contributed by atoms with E-state index in [1.54, 1.807) is 12.1 Å². The van der Waals surface area contributed by atoms with Crippen LogP contribution in [0.15, 0.2) is 23.1 Å². The molecule has 5 N–H and O–H groups in total. The smallest absolute Gasteiger partial charge is 0.240 e. The Balaban J connectivity index is 3.13. The minimum absolute atomic E-state index is 0.0419. The molecule has 0 atom stereocenters. The third-order valence-electron chi connectivity index (χ3n) is 2.72. The molecule has 5 nitrogen and oxygen atoms in total. The van der Waals surface area contributed by atoms with Crippen LogP contribution in [0.3, 0.4) is 0 Å². The van der Waals surface area contributed by atoms with Gasteiger partial charge in [0.15, 0.2) is 0 Å². The first-order valence-corrected chi connectivity index (χ1v) is 7.41. The van der Waals surface area contributed by atoms with E-state index < -0.39 is 10.0 Å². The molecule has 0 saturated carbocycles. The Kier molecular flexibility index (Phi) is 4.24. The average molecular weight is 271 g/mol. The Morgan fingerprint density at radius 2 is 1.94 bits per heavy atom. The maximum Gasteiger partial charge on any atom is 0.240 e. The van der Waals surface area contributed by atoms with Crippen molar-refractivity contribution in [2.75, 3.05) is 11.1 Å². The SMILES string of the molecule is CCCC(C)(C)Nc1cccc(S(N)(=O)=O)c1N. The van der Waals surface area contributed by atoms with Gasteiger partial charge in [0, 0.05) is 5.54 Å². The summed E-state index contributed by atoms with van der Waals surface area (Å²) in [4.78, 5) is -0.0419. The second-order valence-electron chi connectivity index (χ2n) is 5.02. The minimum atomic E-state index is -3.79. The van der Waals surface area contributed by atoms with E-state index in [1.807, 2.05) is 13.8 Å². The number of para-hydroxylation sites is 1. The van der Waals surface area contributed by atoms with E-state index in [0.717, 1.165) is 12.8 Å². The standard InChI is InChI=1S/C12H21N3O2S/c1-4-8-12(2,3)15-9-6-5-7-10(11(9)13)18(14,16)17/h5-7,15H,4,8,13H2,1-3H3,(H2,14,16,17). The number of benzene rings is 1. The van der Waals surface area contributed by atoms with Gasteiger partial charge in [-0.05, 0) is 32.4 Å². The molecule has 1 aromatic carbocycles. The number of nitrogen functional groups attached to an aromatic ring is 1. The first-order chi connectivity index (χ1) is 8.17. The van der Waals surface area contributed by atoms with Crippen LogP contribution in [0.2, 0.25) is 0 Å². The van der Waals surface area contributed by atoms with Crippen LogP contribution in [0.4, 0.5) is 11.4 Å². The zero-order chi connectivity index (χ0) is 14.0. The molecule has 0 aliphatic carbocycles. The number of hydrogen-bond acceptors (Lipinski definition) is 4. The number of rotatable bonds is 5. The second-order valence-corrected chi connectivity index (χ2v) is 6.55. The zero-order valence-electron chi connectivity index (χ0n) is 11.0. The van der Waals surface area contributed by atoms with E-state index in [9.17, 15) is 8.42 Å². The zero-order valence-corrected chi connectivity index (χ0v) is 11.8. The van der Waals surface area contributed by atoms with Gasteiger partial charge in [-0.2, -0.15) is 0 Å². The lowest BCUT2D eigenvalue weighted by Crippen LogP contribution is -2.31. The fourth-order valence-electron chi connectivity index (χ4n) is 1.95. The molecule has 0 fully saturated rings. The minimum Gasteiger partial charge on any atom is -0.396 e. The van der Waals surface area contributed by atoms with Crippen LogP contribution in [0.5, 0.6) is 0 Å². The van der Waals surface area contributed by atoms with Crippen molar-refractivity contribution in [3.63, 3.8) is 0 Å². The van der Waals surface area contributed by atoms with Crippen LogP contribution in [-0.4, -0.2) is 14.0 Å². The molecule has 0 amide bonds. The largest absolute Gasteiger partial charge is 0.396 e. The van der Waals surface area contributed by atoms with Gasteiger partial charge in [-0.3, -0.25) is 0 Å². The monoisotopic (exact) mass is 271 g/mol. The van der Waals surface area contributed by atoms with Crippen LogP contribution >= 0.6 is 0 Å². The fraction of sp³-hybridized carbons (Fsp3) is 0.500. The first kappa shape index (κ1) is 14.8. The van der Waals surface area contributed by atoms with E-state index in [-0.39, 0.29) is 16.1 Å². The van der Waals surface area contributed by atoms with E-state index in [4.69, 9.17) is 10.9 Å². The highest BCUT2D eigenvalue weighted by Gasteiger charge is 2.20. The lowest BCUT2D eigenvalue weighted by atomic mass is 9.98. The molecule has 0 aliphatic rings. The van der Waals surface area contributed by atoms with Crippen molar-refractivity contribution in [3.05, 3.63) is 18.2 Å². The van der Waals surface area contributed by atoms with Crippen LogP contribution in [0, 0.1) is 0 Å². The number of anilines is 2. The summed E-state index contributed by atoms with van der Waals surface area (Å²) in [6.07, 6.45) is 1.97.